The van der Waals surface area contributed by atoms with Gasteiger partial charge in [0.1, 0.15) is 0 Å². The summed E-state index contributed by atoms with van der Waals surface area (Å²) in [4.78, 5) is 0. The number of rotatable bonds is 6. The lowest BCUT2D eigenvalue weighted by Crippen LogP contribution is -2.21. The maximum Gasteiger partial charge on any atom is 0.441 e. The van der Waals surface area contributed by atoms with E-state index in [2.05, 4.69) is 10.4 Å². The Kier molecular flexibility index (Phi) is 5.14. The van der Waals surface area contributed by atoms with Gasteiger partial charge < -0.3 is 5.32 Å². The minimum atomic E-state index is -4.12. The molecule has 0 aliphatic carbocycles. The summed E-state index contributed by atoms with van der Waals surface area (Å²) >= 11 is 0.00497. The van der Waals surface area contributed by atoms with Crippen molar-refractivity contribution in [2.75, 3.05) is 18.8 Å². The van der Waals surface area contributed by atoms with Crippen LogP contribution >= 0.6 is 11.8 Å². The van der Waals surface area contributed by atoms with E-state index in [-0.39, 0.29) is 17.5 Å². The van der Waals surface area contributed by atoms with Crippen molar-refractivity contribution in [2.24, 2.45) is 7.05 Å². The molecule has 1 aromatic rings. The molecule has 1 rings (SSSR count). The molecular weight excluding hydrogens is 239 g/mol. The van der Waals surface area contributed by atoms with Gasteiger partial charge in [-0.1, -0.05) is 0 Å². The van der Waals surface area contributed by atoms with Crippen LogP contribution in [0.1, 0.15) is 5.56 Å². The molecule has 1 heterocycles. The Morgan fingerprint density at radius 3 is 2.75 bits per heavy atom. The lowest BCUT2D eigenvalue weighted by Gasteiger charge is -2.06. The lowest BCUT2D eigenvalue weighted by atomic mass is 10.2. The zero-order valence-electron chi connectivity index (χ0n) is 8.92. The Bertz CT molecular complexity index is 311. The molecule has 0 aliphatic rings. The molecule has 0 radical (unpaired) electrons. The van der Waals surface area contributed by atoms with Gasteiger partial charge in [-0.3, -0.25) is 4.68 Å². The summed E-state index contributed by atoms with van der Waals surface area (Å²) in [5, 5.41) is 6.96. The quantitative estimate of drug-likeness (QED) is 0.784. The summed E-state index contributed by atoms with van der Waals surface area (Å²) in [6, 6.07) is 0. The molecule has 7 heteroatoms. The molecular formula is C9H14F3N3S. The van der Waals surface area contributed by atoms with Crippen molar-refractivity contribution in [2.45, 2.75) is 11.9 Å². The van der Waals surface area contributed by atoms with E-state index < -0.39 is 5.51 Å². The number of thioether (sulfide) groups is 1. The van der Waals surface area contributed by atoms with E-state index in [0.29, 0.717) is 13.1 Å². The molecule has 16 heavy (non-hydrogen) atoms. The second-order valence-electron chi connectivity index (χ2n) is 3.32. The van der Waals surface area contributed by atoms with E-state index in [0.717, 1.165) is 12.0 Å². The summed E-state index contributed by atoms with van der Waals surface area (Å²) in [6.45, 7) is 1.04. The fourth-order valence-electron chi connectivity index (χ4n) is 1.20. The number of nitrogens with zero attached hydrogens (tertiary/aromatic N) is 2. The molecule has 1 N–H and O–H groups in total. The smallest absolute Gasteiger partial charge is 0.316 e. The predicted molar refractivity (Wildman–Crippen MR) is 58.3 cm³/mol. The van der Waals surface area contributed by atoms with Gasteiger partial charge in [-0.05, 0) is 30.3 Å². The molecule has 0 spiro atoms. The minimum Gasteiger partial charge on any atom is -0.316 e. The number of alkyl halides is 3. The van der Waals surface area contributed by atoms with Crippen LogP contribution in [0, 0.1) is 0 Å². The standard InChI is InChI=1S/C9H14F3N3S/c1-15-7-8(6-14-15)2-3-13-4-5-16-9(10,11)12/h6-7,13H,2-5H2,1H3. The summed E-state index contributed by atoms with van der Waals surface area (Å²) in [5.74, 6) is 0.0521. The Hall–Kier alpha value is -0.690. The molecule has 3 nitrogen and oxygen atoms in total. The van der Waals surface area contributed by atoms with Crippen molar-refractivity contribution >= 4 is 11.8 Å². The van der Waals surface area contributed by atoms with Crippen LogP contribution in [0.2, 0.25) is 0 Å². The van der Waals surface area contributed by atoms with Gasteiger partial charge in [-0.25, -0.2) is 0 Å². The molecule has 0 saturated carbocycles. The van der Waals surface area contributed by atoms with Gasteiger partial charge in [0, 0.05) is 25.5 Å². The minimum absolute atomic E-state index is 0.00497. The third-order valence-electron chi connectivity index (χ3n) is 1.89. The van der Waals surface area contributed by atoms with E-state index in [4.69, 9.17) is 0 Å². The Morgan fingerprint density at radius 1 is 1.44 bits per heavy atom. The van der Waals surface area contributed by atoms with Gasteiger partial charge in [0.05, 0.1) is 6.20 Å². The summed E-state index contributed by atoms with van der Waals surface area (Å²) in [6.07, 6.45) is 4.43. The maximum atomic E-state index is 11.8. The highest BCUT2D eigenvalue weighted by molar-refractivity contribution is 8.00. The third-order valence-corrected chi connectivity index (χ3v) is 2.63. The summed E-state index contributed by atoms with van der Waals surface area (Å²) in [7, 11) is 1.83. The van der Waals surface area contributed by atoms with Gasteiger partial charge >= 0.3 is 5.51 Å². The lowest BCUT2D eigenvalue weighted by molar-refractivity contribution is -0.0327. The molecule has 0 atom stereocenters. The molecule has 92 valence electrons. The van der Waals surface area contributed by atoms with Gasteiger partial charge in [0.2, 0.25) is 0 Å². The van der Waals surface area contributed by atoms with E-state index in [9.17, 15) is 13.2 Å². The van der Waals surface area contributed by atoms with Crippen molar-refractivity contribution < 1.29 is 13.2 Å². The monoisotopic (exact) mass is 253 g/mol. The molecule has 0 aliphatic heterocycles. The zero-order chi connectivity index (χ0) is 12.0. The first-order valence-corrected chi connectivity index (χ1v) is 5.85. The van der Waals surface area contributed by atoms with Gasteiger partial charge in [-0.15, -0.1) is 0 Å². The van der Waals surface area contributed by atoms with Gasteiger partial charge in [-0.2, -0.15) is 18.3 Å². The Morgan fingerprint density at radius 2 is 2.19 bits per heavy atom. The molecule has 0 fully saturated rings. The highest BCUT2D eigenvalue weighted by atomic mass is 32.2. The average molecular weight is 253 g/mol. The van der Waals surface area contributed by atoms with Crippen LogP contribution in [0.4, 0.5) is 13.2 Å². The number of hydrogen-bond donors (Lipinski definition) is 1. The Balaban J connectivity index is 2.00. The second-order valence-corrected chi connectivity index (χ2v) is 4.48. The predicted octanol–water partition coefficient (Wildman–Crippen LogP) is 1.81. The number of aromatic nitrogens is 2. The van der Waals surface area contributed by atoms with Crippen LogP contribution in [0.25, 0.3) is 0 Å². The molecule has 0 bridgehead atoms. The van der Waals surface area contributed by atoms with Crippen LogP contribution in [0.15, 0.2) is 12.4 Å². The van der Waals surface area contributed by atoms with Crippen LogP contribution < -0.4 is 5.32 Å². The van der Waals surface area contributed by atoms with Crippen LogP contribution in [0.5, 0.6) is 0 Å². The van der Waals surface area contributed by atoms with E-state index in [1.165, 1.54) is 0 Å². The van der Waals surface area contributed by atoms with Crippen molar-refractivity contribution in [3.63, 3.8) is 0 Å². The molecule has 0 saturated heterocycles. The first kappa shape index (κ1) is 13.4. The molecule has 1 aromatic heterocycles. The average Bonchev–Trinajstić information content (AvgIpc) is 2.56. The molecule has 0 unspecified atom stereocenters. The highest BCUT2D eigenvalue weighted by Crippen LogP contribution is 2.29. The number of aryl methyl sites for hydroxylation is 1. The molecule has 0 amide bonds. The van der Waals surface area contributed by atoms with E-state index in [1.54, 1.807) is 10.9 Å². The molecule has 0 aromatic carbocycles. The second kappa shape index (κ2) is 6.15. The first-order valence-electron chi connectivity index (χ1n) is 4.86. The van der Waals surface area contributed by atoms with E-state index >= 15 is 0 Å². The largest absolute Gasteiger partial charge is 0.441 e. The van der Waals surface area contributed by atoms with E-state index in [1.807, 2.05) is 13.2 Å². The number of nitrogens with one attached hydrogen (secondary N) is 1. The first-order chi connectivity index (χ1) is 7.47. The number of halogens is 3. The maximum absolute atomic E-state index is 11.8. The van der Waals surface area contributed by atoms with Gasteiger partial charge in [0.15, 0.2) is 0 Å². The van der Waals surface area contributed by atoms with Crippen molar-refractivity contribution in [1.82, 2.24) is 15.1 Å². The van der Waals surface area contributed by atoms with Crippen LogP contribution in [-0.4, -0.2) is 34.1 Å². The SMILES string of the molecule is Cn1cc(CCNCCSC(F)(F)F)cn1. The summed E-state index contributed by atoms with van der Waals surface area (Å²) in [5.41, 5.74) is -3.04. The third kappa shape index (κ3) is 6.02. The van der Waals surface area contributed by atoms with Gasteiger partial charge in [0.25, 0.3) is 0 Å². The normalized spacial score (nSPS) is 12.0. The van der Waals surface area contributed by atoms with Crippen LogP contribution in [0.3, 0.4) is 0 Å². The number of hydrogen-bond acceptors (Lipinski definition) is 3. The fraction of sp³-hybridized carbons (Fsp3) is 0.667. The van der Waals surface area contributed by atoms with Crippen LogP contribution in [-0.2, 0) is 13.5 Å². The van der Waals surface area contributed by atoms with Crippen molar-refractivity contribution in [3.8, 4) is 0 Å². The Labute approximate surface area is 96.4 Å². The highest BCUT2D eigenvalue weighted by Gasteiger charge is 2.27. The summed E-state index contributed by atoms with van der Waals surface area (Å²) < 4.78 is 37.0. The topological polar surface area (TPSA) is 29.9 Å². The fourth-order valence-corrected chi connectivity index (χ4v) is 1.68. The van der Waals surface area contributed by atoms with Crippen molar-refractivity contribution in [3.05, 3.63) is 18.0 Å². The zero-order valence-corrected chi connectivity index (χ0v) is 9.74. The van der Waals surface area contributed by atoms with Crippen molar-refractivity contribution in [1.29, 1.82) is 0 Å².